The normalized spacial score (nSPS) is 24.5. The minimum Gasteiger partial charge on any atom is -0.480 e. The van der Waals surface area contributed by atoms with Gasteiger partial charge in [0.05, 0.1) is 6.10 Å². The fourth-order valence-electron chi connectivity index (χ4n) is 0.135. The molecule has 0 bridgehead atoms. The largest absolute Gasteiger partial charge is 0.480 e. The molecule has 0 rings (SSSR count). The van der Waals surface area contributed by atoms with Crippen LogP contribution in [-0.4, -0.2) is 28.3 Å². The minimum absolute atomic E-state index is 1.53. The van der Waals surface area contributed by atoms with Crippen molar-refractivity contribution in [3.8, 4) is 0 Å². The van der Waals surface area contributed by atoms with Gasteiger partial charge in [0.1, 0.15) is 6.04 Å². The van der Waals surface area contributed by atoms with E-state index in [9.17, 15) is 4.79 Å². The van der Waals surface area contributed by atoms with Crippen LogP contribution in [0.1, 0.15) is 11.0 Å². The summed E-state index contributed by atoms with van der Waals surface area (Å²) in [5.74, 6) is -1.53. The van der Waals surface area contributed by atoms with Crippen molar-refractivity contribution >= 4 is 5.97 Å². The molecule has 0 heterocycles. The Bertz CT molecular complexity index is 157. The Morgan fingerprint density at radius 2 is 2.50 bits per heavy atom. The van der Waals surface area contributed by atoms with E-state index < -0.39 is 25.0 Å². The summed E-state index contributed by atoms with van der Waals surface area (Å²) in [5, 5.41) is 16.9. The molecule has 0 aliphatic rings. The van der Waals surface area contributed by atoms with Crippen molar-refractivity contribution in [3.63, 3.8) is 0 Å². The zero-order valence-electron chi connectivity index (χ0n) is 7.03. The van der Waals surface area contributed by atoms with Gasteiger partial charge in [-0.15, -0.1) is 0 Å². The summed E-state index contributed by atoms with van der Waals surface area (Å²) in [5.41, 5.74) is 4.84. The molecule has 0 fully saturated rings. The quantitative estimate of drug-likeness (QED) is 0.428. The Morgan fingerprint density at radius 3 is 2.62 bits per heavy atom. The second-order valence-electron chi connectivity index (χ2n) is 1.31. The molecule has 0 amide bonds. The maximum atomic E-state index is 10.1. The van der Waals surface area contributed by atoms with Gasteiger partial charge in [-0.2, -0.15) is 0 Å². The lowest BCUT2D eigenvalue weighted by Gasteiger charge is -2.06. The Labute approximate surface area is 51.1 Å². The second kappa shape index (κ2) is 2.64. The van der Waals surface area contributed by atoms with Gasteiger partial charge in [-0.25, -0.2) is 0 Å². The van der Waals surface area contributed by atoms with Crippen LogP contribution in [0.3, 0.4) is 0 Å². The maximum Gasteiger partial charge on any atom is 0.323 e. The third-order valence-corrected chi connectivity index (χ3v) is 0.625. The first-order chi connectivity index (χ1) is 4.76. The standard InChI is InChI=1S/C4H9NO3/c1-2(6)3(5)4(7)8/h2-3,6H,5H2,1H3,(H,7,8)/t2-,3+/m0/s1/i1D3. The molecule has 0 aromatic rings. The predicted octanol–water partition coefficient (Wildman–Crippen LogP) is -1.22. The number of carboxylic acids is 1. The first-order valence-electron chi connectivity index (χ1n) is 3.43. The monoisotopic (exact) mass is 122 g/mol. The summed E-state index contributed by atoms with van der Waals surface area (Å²) in [7, 11) is 0. The number of aliphatic hydroxyl groups is 1. The van der Waals surface area contributed by atoms with Crippen LogP contribution in [0.2, 0.25) is 0 Å². The second-order valence-corrected chi connectivity index (χ2v) is 1.31. The number of hydrogen-bond acceptors (Lipinski definition) is 3. The molecular weight excluding hydrogens is 110 g/mol. The minimum atomic E-state index is -2.74. The molecule has 0 spiro atoms. The fourth-order valence-corrected chi connectivity index (χ4v) is 0.135. The lowest BCUT2D eigenvalue weighted by molar-refractivity contribution is -0.140. The molecule has 0 aromatic heterocycles. The van der Waals surface area contributed by atoms with Crippen molar-refractivity contribution in [2.24, 2.45) is 5.73 Å². The van der Waals surface area contributed by atoms with Gasteiger partial charge in [0.2, 0.25) is 0 Å². The number of hydrogen-bond donors (Lipinski definition) is 3. The lowest BCUT2D eigenvalue weighted by Crippen LogP contribution is -2.39. The van der Waals surface area contributed by atoms with Gasteiger partial charge in [0.25, 0.3) is 0 Å². The topological polar surface area (TPSA) is 83.5 Å². The lowest BCUT2D eigenvalue weighted by atomic mass is 10.2. The zero-order valence-corrected chi connectivity index (χ0v) is 4.03. The van der Waals surface area contributed by atoms with E-state index in [1.165, 1.54) is 0 Å². The van der Waals surface area contributed by atoms with Gasteiger partial charge in [-0.05, 0) is 6.85 Å². The average molecular weight is 122 g/mol. The summed E-state index contributed by atoms with van der Waals surface area (Å²) < 4.78 is 19.8. The van der Waals surface area contributed by atoms with Crippen molar-refractivity contribution in [3.05, 3.63) is 0 Å². The van der Waals surface area contributed by atoms with E-state index in [-0.39, 0.29) is 0 Å². The highest BCUT2D eigenvalue weighted by atomic mass is 16.4. The van der Waals surface area contributed by atoms with Gasteiger partial charge < -0.3 is 15.9 Å². The van der Waals surface area contributed by atoms with Gasteiger partial charge in [-0.1, -0.05) is 0 Å². The SMILES string of the molecule is [2H]C([2H])([2H])[C@H](O)[C@@H](N)C(=O)O. The van der Waals surface area contributed by atoms with Gasteiger partial charge in [0.15, 0.2) is 0 Å². The molecule has 0 aromatic carbocycles. The summed E-state index contributed by atoms with van der Waals surface area (Å²) >= 11 is 0. The smallest absolute Gasteiger partial charge is 0.323 e. The van der Waals surface area contributed by atoms with Crippen LogP contribution in [0, 0.1) is 0 Å². The third-order valence-electron chi connectivity index (χ3n) is 0.625. The number of aliphatic hydroxyl groups excluding tert-OH is 1. The Hall–Kier alpha value is -0.610. The highest BCUT2D eigenvalue weighted by Gasteiger charge is 2.16. The van der Waals surface area contributed by atoms with Crippen LogP contribution >= 0.6 is 0 Å². The van der Waals surface area contributed by atoms with Gasteiger partial charge in [-0.3, -0.25) is 4.79 Å². The van der Waals surface area contributed by atoms with Crippen molar-refractivity contribution in [1.82, 2.24) is 0 Å². The van der Waals surface area contributed by atoms with E-state index in [0.717, 1.165) is 0 Å². The molecule has 4 heteroatoms. The molecule has 48 valence electrons. The molecule has 4 nitrogen and oxygen atoms in total. The number of carbonyl (C=O) groups is 1. The van der Waals surface area contributed by atoms with Gasteiger partial charge in [0, 0.05) is 4.11 Å². The van der Waals surface area contributed by atoms with Crippen molar-refractivity contribution in [2.75, 3.05) is 0 Å². The highest BCUT2D eigenvalue weighted by Crippen LogP contribution is 1.85. The Morgan fingerprint density at radius 1 is 2.00 bits per heavy atom. The number of carboxylic acid groups (broad SMARTS) is 1. The van der Waals surface area contributed by atoms with Crippen molar-refractivity contribution in [2.45, 2.75) is 19.0 Å². The first kappa shape index (κ1) is 3.42. The molecule has 0 unspecified atom stereocenters. The zero-order chi connectivity index (χ0) is 9.23. The number of aliphatic carboxylic acids is 1. The average Bonchev–Trinajstić information content (AvgIpc) is 1.82. The number of rotatable bonds is 2. The van der Waals surface area contributed by atoms with E-state index >= 15 is 0 Å². The Kier molecular flexibility index (Phi) is 1.13. The first-order valence-corrected chi connectivity index (χ1v) is 1.93. The van der Waals surface area contributed by atoms with Crippen LogP contribution in [0.5, 0.6) is 0 Å². The fraction of sp³-hybridized carbons (Fsp3) is 0.750. The summed E-state index contributed by atoms with van der Waals surface area (Å²) in [6.07, 6.45) is -2.01. The summed E-state index contributed by atoms with van der Waals surface area (Å²) in [4.78, 5) is 10.1. The van der Waals surface area contributed by atoms with Crippen LogP contribution in [0.15, 0.2) is 0 Å². The van der Waals surface area contributed by atoms with Crippen molar-refractivity contribution in [1.29, 1.82) is 0 Å². The molecule has 2 atom stereocenters. The highest BCUT2D eigenvalue weighted by molar-refractivity contribution is 5.73. The van der Waals surface area contributed by atoms with Gasteiger partial charge >= 0.3 is 5.97 Å². The molecule has 0 radical (unpaired) electrons. The number of nitrogens with two attached hydrogens (primary N) is 1. The van der Waals surface area contributed by atoms with Crippen LogP contribution < -0.4 is 5.73 Å². The molecule has 0 saturated heterocycles. The van der Waals surface area contributed by atoms with E-state index in [2.05, 4.69) is 0 Å². The molecule has 0 aliphatic carbocycles. The predicted molar refractivity (Wildman–Crippen MR) is 27.3 cm³/mol. The van der Waals surface area contributed by atoms with Crippen LogP contribution in [0.25, 0.3) is 0 Å². The molecular formula is C4H9NO3. The molecule has 4 N–H and O–H groups in total. The van der Waals surface area contributed by atoms with E-state index in [1.807, 2.05) is 0 Å². The van der Waals surface area contributed by atoms with Crippen LogP contribution in [0.4, 0.5) is 0 Å². The van der Waals surface area contributed by atoms with Crippen LogP contribution in [-0.2, 0) is 4.79 Å². The summed E-state index contributed by atoms with van der Waals surface area (Å²) in [6, 6.07) is -1.76. The third kappa shape index (κ3) is 1.90. The molecule has 0 aliphatic heterocycles. The molecule has 8 heavy (non-hydrogen) atoms. The van der Waals surface area contributed by atoms with E-state index in [4.69, 9.17) is 20.1 Å². The maximum absolute atomic E-state index is 10.1. The van der Waals surface area contributed by atoms with Crippen molar-refractivity contribution < 1.29 is 19.1 Å². The summed E-state index contributed by atoms with van der Waals surface area (Å²) in [6.45, 7) is -2.74. The van der Waals surface area contributed by atoms with E-state index in [1.54, 1.807) is 0 Å². The molecule has 0 saturated carbocycles. The van der Waals surface area contributed by atoms with E-state index in [0.29, 0.717) is 0 Å². The Balaban J connectivity index is 4.25.